The Hall–Kier alpha value is -8.00. The number of imidazole rings is 2. The molecule has 2 saturated carbocycles. The van der Waals surface area contributed by atoms with Crippen molar-refractivity contribution in [3.63, 3.8) is 0 Å². The highest BCUT2D eigenvalue weighted by Crippen LogP contribution is 2.58. The highest BCUT2D eigenvalue weighted by atomic mass is 16.5. The van der Waals surface area contributed by atoms with Gasteiger partial charge in [-0.1, -0.05) is 104 Å². The fraction of sp³-hybridized carbons (Fsp3) is 0.273. The number of alkyl carbamates (subject to hydrolysis) is 2. The Labute approximate surface area is 397 Å². The van der Waals surface area contributed by atoms with Gasteiger partial charge in [-0.15, -0.1) is 0 Å². The Balaban J connectivity index is 0.778. The van der Waals surface area contributed by atoms with Crippen LogP contribution in [0, 0.1) is 17.8 Å². The number of hydrogen-bond donors (Lipinski definition) is 4. The molecular weight excluding hydrogens is 869 g/mol. The van der Waals surface area contributed by atoms with E-state index in [1.165, 1.54) is 14.2 Å². The molecular formula is C55H50N8O6. The molecule has 69 heavy (non-hydrogen) atoms. The molecule has 14 nitrogen and oxygen atoms in total. The molecule has 346 valence electrons. The number of amides is 4. The molecule has 0 bridgehead atoms. The predicted octanol–water partition coefficient (Wildman–Crippen LogP) is 9.69. The minimum absolute atomic E-state index is 0.0763. The molecule has 4 fully saturated rings. The summed E-state index contributed by atoms with van der Waals surface area (Å²) in [5.74, 6) is 2.27. The number of rotatable bonds is 10. The summed E-state index contributed by atoms with van der Waals surface area (Å²) in [6.45, 7) is 2.18. The number of nitrogens with one attached hydrogen (secondary N) is 4. The lowest BCUT2D eigenvalue weighted by molar-refractivity contribution is -0.136. The second-order valence-corrected chi connectivity index (χ2v) is 19.0. The van der Waals surface area contributed by atoms with Gasteiger partial charge in [0.2, 0.25) is 0 Å². The van der Waals surface area contributed by atoms with Crippen molar-refractivity contribution < 1.29 is 28.7 Å². The maximum absolute atomic E-state index is 14.4. The van der Waals surface area contributed by atoms with E-state index in [2.05, 4.69) is 88.2 Å². The average Bonchev–Trinajstić information content (AvgIpc) is 3.88. The van der Waals surface area contributed by atoms with E-state index >= 15 is 0 Å². The van der Waals surface area contributed by atoms with Crippen molar-refractivity contribution in [2.75, 3.05) is 14.2 Å². The lowest BCUT2D eigenvalue weighted by Gasteiger charge is -2.31. The summed E-state index contributed by atoms with van der Waals surface area (Å²) < 4.78 is 9.82. The summed E-state index contributed by atoms with van der Waals surface area (Å²) in [6.07, 6.45) is 1.23. The van der Waals surface area contributed by atoms with Crippen LogP contribution in [0.1, 0.15) is 73.1 Å². The smallest absolute Gasteiger partial charge is 0.407 e. The summed E-state index contributed by atoms with van der Waals surface area (Å²) in [4.78, 5) is 74.6. The molecule has 12 rings (SSSR count). The average molecular weight is 919 g/mol. The minimum Gasteiger partial charge on any atom is -0.453 e. The number of piperidine rings is 2. The van der Waals surface area contributed by atoms with Crippen LogP contribution in [0.4, 0.5) is 9.59 Å². The third-order valence-corrected chi connectivity index (χ3v) is 15.1. The Morgan fingerprint density at radius 1 is 0.580 bits per heavy atom. The molecule has 2 aromatic heterocycles. The van der Waals surface area contributed by atoms with Gasteiger partial charge in [-0.3, -0.25) is 9.59 Å². The van der Waals surface area contributed by atoms with Crippen molar-refractivity contribution in [3.8, 4) is 22.3 Å². The van der Waals surface area contributed by atoms with Crippen molar-refractivity contribution in [2.24, 2.45) is 17.8 Å². The van der Waals surface area contributed by atoms with Gasteiger partial charge in [0.25, 0.3) is 11.8 Å². The molecule has 14 heteroatoms. The molecule has 8 aromatic rings. The number of H-pyrrole nitrogens is 2. The first kappa shape index (κ1) is 42.4. The van der Waals surface area contributed by atoms with E-state index < -0.39 is 24.3 Å². The normalized spacial score (nSPS) is 23.0. The molecule has 4 amide bonds. The van der Waals surface area contributed by atoms with Crippen molar-refractivity contribution >= 4 is 56.8 Å². The van der Waals surface area contributed by atoms with Crippen LogP contribution >= 0.6 is 0 Å². The summed E-state index contributed by atoms with van der Waals surface area (Å²) in [6, 6.07) is 42.0. The zero-order valence-corrected chi connectivity index (χ0v) is 38.3. The Bertz CT molecular complexity index is 3340. The molecule has 6 aromatic carbocycles. The number of carbonyl (C=O) groups is 4. The topological polar surface area (TPSA) is 175 Å². The highest BCUT2D eigenvalue weighted by molar-refractivity contribution is 5.94. The Morgan fingerprint density at radius 3 is 1.55 bits per heavy atom. The number of likely N-dealkylation sites (tertiary alicyclic amines) is 2. The third-order valence-electron chi connectivity index (χ3n) is 15.1. The van der Waals surface area contributed by atoms with Crippen molar-refractivity contribution in [1.82, 2.24) is 40.4 Å². The molecule has 2 aliphatic heterocycles. The van der Waals surface area contributed by atoms with Crippen LogP contribution in [0.15, 0.2) is 133 Å². The van der Waals surface area contributed by atoms with Gasteiger partial charge in [-0.25, -0.2) is 19.6 Å². The summed E-state index contributed by atoms with van der Waals surface area (Å²) in [7, 11) is 2.60. The van der Waals surface area contributed by atoms with E-state index in [0.29, 0.717) is 28.9 Å². The zero-order chi connectivity index (χ0) is 47.1. The van der Waals surface area contributed by atoms with Gasteiger partial charge in [-0.2, -0.15) is 0 Å². The zero-order valence-electron chi connectivity index (χ0n) is 38.3. The molecule has 0 radical (unpaired) electrons. The van der Waals surface area contributed by atoms with Gasteiger partial charge in [-0.05, 0) is 118 Å². The van der Waals surface area contributed by atoms with Crippen LogP contribution in [-0.2, 0) is 19.1 Å². The SMILES string of the molecule is COC(=O)N[C@@H](C(=O)N1C2[C@@H](C[C@H]1c1nc3ccc(-c4ccc5cc(-c6ccc7nc([C@@H]8C[C@H]9C[C@H]9N8C(=O)[C@H](NC(=O)OC)c8ccccc8)[nH]c7c6)ccc5c4)cc3[nH]1)[C@H]2C)c1ccccc1. The van der Waals surface area contributed by atoms with Gasteiger partial charge in [0.15, 0.2) is 0 Å². The second-order valence-electron chi connectivity index (χ2n) is 19.0. The number of benzene rings is 6. The molecule has 9 atom stereocenters. The first-order chi connectivity index (χ1) is 33.6. The molecule has 4 heterocycles. The van der Waals surface area contributed by atoms with E-state index in [0.717, 1.165) is 86.0 Å². The van der Waals surface area contributed by atoms with Crippen LogP contribution in [0.3, 0.4) is 0 Å². The highest BCUT2D eigenvalue weighted by Gasteiger charge is 2.61. The van der Waals surface area contributed by atoms with Crippen molar-refractivity contribution in [3.05, 3.63) is 156 Å². The summed E-state index contributed by atoms with van der Waals surface area (Å²) >= 11 is 0. The molecule has 4 aliphatic rings. The van der Waals surface area contributed by atoms with Crippen LogP contribution < -0.4 is 10.6 Å². The predicted molar refractivity (Wildman–Crippen MR) is 260 cm³/mol. The first-order valence-electron chi connectivity index (χ1n) is 23.6. The fourth-order valence-corrected chi connectivity index (χ4v) is 11.3. The lowest BCUT2D eigenvalue weighted by atomic mass is 9.97. The lowest BCUT2D eigenvalue weighted by Crippen LogP contribution is -2.44. The first-order valence-corrected chi connectivity index (χ1v) is 23.6. The molecule has 2 saturated heterocycles. The fourth-order valence-electron chi connectivity index (χ4n) is 11.3. The number of ether oxygens (including phenoxy) is 2. The van der Waals surface area contributed by atoms with E-state index in [-0.39, 0.29) is 36.0 Å². The van der Waals surface area contributed by atoms with Crippen molar-refractivity contribution in [2.45, 2.75) is 62.4 Å². The van der Waals surface area contributed by atoms with Gasteiger partial charge in [0.05, 0.1) is 48.4 Å². The molecule has 4 N–H and O–H groups in total. The quantitative estimate of drug-likeness (QED) is 0.105. The number of fused-ring (bicyclic) bond motifs is 5. The number of aromatic amines is 2. The summed E-state index contributed by atoms with van der Waals surface area (Å²) in [5.41, 5.74) is 9.04. The maximum Gasteiger partial charge on any atom is 0.407 e. The van der Waals surface area contributed by atoms with E-state index in [1.54, 1.807) is 0 Å². The largest absolute Gasteiger partial charge is 0.453 e. The molecule has 0 spiro atoms. The minimum atomic E-state index is -0.889. The molecule has 2 aliphatic carbocycles. The monoisotopic (exact) mass is 918 g/mol. The Morgan fingerprint density at radius 2 is 1.04 bits per heavy atom. The van der Waals surface area contributed by atoms with Gasteiger partial charge < -0.3 is 39.9 Å². The number of hydrogen-bond acceptors (Lipinski definition) is 8. The van der Waals surface area contributed by atoms with Crippen LogP contribution in [0.25, 0.3) is 55.1 Å². The third kappa shape index (κ3) is 7.50. The van der Waals surface area contributed by atoms with E-state index in [4.69, 9.17) is 19.4 Å². The van der Waals surface area contributed by atoms with Crippen LogP contribution in [0.2, 0.25) is 0 Å². The van der Waals surface area contributed by atoms with E-state index in [9.17, 15) is 19.2 Å². The van der Waals surface area contributed by atoms with Crippen molar-refractivity contribution in [1.29, 1.82) is 0 Å². The van der Waals surface area contributed by atoms with Gasteiger partial charge in [0, 0.05) is 12.1 Å². The number of aromatic nitrogens is 4. The van der Waals surface area contributed by atoms with Gasteiger partial charge >= 0.3 is 12.2 Å². The number of nitrogens with zero attached hydrogens (tertiary/aromatic N) is 4. The summed E-state index contributed by atoms with van der Waals surface area (Å²) in [5, 5.41) is 7.77. The number of methoxy groups -OCH3 is 2. The standard InChI is InChI=1S/C55H50N8O6/c1-29-39-28-46(63(49(29)39)53(65)48(61-55(67)69-3)31-12-8-5-9-13-31)51-57-41-21-19-37(25-43(41)59-51)35-17-15-32-22-34(16-14-33(32)23-35)36-18-20-40-42(24-36)58-50(56-40)45-27-38-26-44(38)62(45)52(64)47(60-54(66)68-2)30-10-6-4-7-11-30/h4-25,29,38-39,44-49H,26-28H2,1-3H3,(H,56,58)(H,57,59)(H,60,66)(H,61,67)/t29-,38-,39+,44-,45+,46+,47-,48-,49?/m1/s1. The number of carbonyl (C=O) groups excluding carboxylic acids is 4. The van der Waals surface area contributed by atoms with Crippen LogP contribution in [0.5, 0.6) is 0 Å². The van der Waals surface area contributed by atoms with E-state index in [1.807, 2.05) is 82.6 Å². The maximum atomic E-state index is 14.4. The Kier molecular flexibility index (Phi) is 10.2. The van der Waals surface area contributed by atoms with Crippen LogP contribution in [-0.4, -0.2) is 80.0 Å². The second kappa shape index (κ2) is 16.7. The molecule has 1 unspecified atom stereocenters. The van der Waals surface area contributed by atoms with Gasteiger partial charge in [0.1, 0.15) is 23.7 Å².